The van der Waals surface area contributed by atoms with E-state index in [1.807, 2.05) is 15.1 Å². The van der Waals surface area contributed by atoms with E-state index in [4.69, 9.17) is 10.1 Å². The summed E-state index contributed by atoms with van der Waals surface area (Å²) in [7, 11) is 0. The first-order valence-corrected chi connectivity index (χ1v) is 10.9. The van der Waals surface area contributed by atoms with Gasteiger partial charge in [0.25, 0.3) is 0 Å². The van der Waals surface area contributed by atoms with Crippen LogP contribution in [0.3, 0.4) is 0 Å². The normalized spacial score (nSPS) is 22.5. The quantitative estimate of drug-likeness (QED) is 0.681. The topological polar surface area (TPSA) is 63.3 Å². The number of anilines is 2. The van der Waals surface area contributed by atoms with Gasteiger partial charge < -0.3 is 5.32 Å². The van der Waals surface area contributed by atoms with Crippen molar-refractivity contribution in [2.75, 3.05) is 18.4 Å². The number of halogens is 1. The highest BCUT2D eigenvalue weighted by molar-refractivity contribution is 5.55. The molecule has 1 aliphatic heterocycles. The Morgan fingerprint density at radius 1 is 1.23 bits per heavy atom. The zero-order chi connectivity index (χ0) is 20.9. The highest BCUT2D eigenvalue weighted by Crippen LogP contribution is 2.37. The van der Waals surface area contributed by atoms with E-state index in [0.29, 0.717) is 18.8 Å². The van der Waals surface area contributed by atoms with E-state index in [9.17, 15) is 4.39 Å². The maximum atomic E-state index is 13.8. The van der Waals surface area contributed by atoms with Crippen LogP contribution >= 0.6 is 0 Å². The molecule has 30 heavy (non-hydrogen) atoms. The Hall–Kier alpha value is -2.48. The summed E-state index contributed by atoms with van der Waals surface area (Å²) >= 11 is 0. The number of imidazole rings is 1. The highest BCUT2D eigenvalue weighted by Gasteiger charge is 2.30. The molecule has 0 spiro atoms. The first-order chi connectivity index (χ1) is 14.4. The van der Waals surface area contributed by atoms with Crippen molar-refractivity contribution in [1.29, 1.82) is 0 Å². The molecule has 0 amide bonds. The van der Waals surface area contributed by atoms with Gasteiger partial charge in [-0.2, -0.15) is 5.10 Å². The Morgan fingerprint density at radius 3 is 2.73 bits per heavy atom. The number of likely N-dealkylation sites (tertiary alicyclic amines) is 1. The lowest BCUT2D eigenvalue weighted by molar-refractivity contribution is 0.171. The molecule has 1 N–H and O–H groups in total. The number of alkyl halides is 1. The van der Waals surface area contributed by atoms with Crippen molar-refractivity contribution in [2.45, 2.75) is 70.6 Å². The van der Waals surface area contributed by atoms with Crippen molar-refractivity contribution in [1.82, 2.24) is 29.0 Å². The van der Waals surface area contributed by atoms with Gasteiger partial charge in [-0.1, -0.05) is 0 Å². The van der Waals surface area contributed by atoms with E-state index < -0.39 is 6.17 Å². The van der Waals surface area contributed by atoms with Crippen molar-refractivity contribution < 1.29 is 4.39 Å². The van der Waals surface area contributed by atoms with Crippen LogP contribution in [0.25, 0.3) is 5.65 Å². The summed E-state index contributed by atoms with van der Waals surface area (Å²) in [4.78, 5) is 11.7. The van der Waals surface area contributed by atoms with Gasteiger partial charge in [-0.25, -0.2) is 19.0 Å². The predicted molar refractivity (Wildman–Crippen MR) is 115 cm³/mol. The summed E-state index contributed by atoms with van der Waals surface area (Å²) in [6, 6.07) is 3.99. The monoisotopic (exact) mass is 411 g/mol. The van der Waals surface area contributed by atoms with Crippen LogP contribution in [-0.4, -0.2) is 48.3 Å². The van der Waals surface area contributed by atoms with Gasteiger partial charge in [0.1, 0.15) is 17.6 Å². The smallest absolute Gasteiger partial charge is 0.214 e. The summed E-state index contributed by atoms with van der Waals surface area (Å²) < 4.78 is 17.8. The summed E-state index contributed by atoms with van der Waals surface area (Å²) in [6.45, 7) is 9.53. The SMILES string of the molecule is CC(C)(C)n1nc([C@@H]2CC[C@@H](F)C2)cc1Nc1nccc2nc(CN3CCC3)cn12. The van der Waals surface area contributed by atoms with Crippen LogP contribution in [0, 0.1) is 0 Å². The number of nitrogens with zero attached hydrogens (tertiary/aromatic N) is 6. The minimum atomic E-state index is -0.711. The van der Waals surface area contributed by atoms with Crippen molar-refractivity contribution >= 4 is 17.4 Å². The molecule has 7 nitrogen and oxygen atoms in total. The molecule has 1 saturated heterocycles. The molecule has 5 rings (SSSR count). The number of fused-ring (bicyclic) bond motifs is 1. The van der Waals surface area contributed by atoms with E-state index >= 15 is 0 Å². The third kappa shape index (κ3) is 3.69. The van der Waals surface area contributed by atoms with Gasteiger partial charge in [-0.15, -0.1) is 0 Å². The van der Waals surface area contributed by atoms with Crippen molar-refractivity contribution in [3.05, 3.63) is 35.9 Å². The van der Waals surface area contributed by atoms with Gasteiger partial charge in [-0.3, -0.25) is 9.30 Å². The van der Waals surface area contributed by atoms with Crippen LogP contribution in [-0.2, 0) is 12.1 Å². The Balaban J connectivity index is 1.47. The van der Waals surface area contributed by atoms with Gasteiger partial charge in [0, 0.05) is 30.9 Å². The van der Waals surface area contributed by atoms with Crippen molar-refractivity contribution in [3.63, 3.8) is 0 Å². The van der Waals surface area contributed by atoms with E-state index in [1.165, 1.54) is 6.42 Å². The maximum absolute atomic E-state index is 13.8. The van der Waals surface area contributed by atoms with Gasteiger partial charge >= 0.3 is 0 Å². The molecule has 2 atom stereocenters. The fourth-order valence-electron chi connectivity index (χ4n) is 4.42. The van der Waals surface area contributed by atoms with Gasteiger partial charge in [0.15, 0.2) is 0 Å². The van der Waals surface area contributed by atoms with Gasteiger partial charge in [-0.05, 0) is 65.6 Å². The molecule has 0 radical (unpaired) electrons. The van der Waals surface area contributed by atoms with E-state index in [1.54, 1.807) is 6.20 Å². The summed E-state index contributed by atoms with van der Waals surface area (Å²) in [5.41, 5.74) is 2.68. The van der Waals surface area contributed by atoms with Crippen LogP contribution in [0.15, 0.2) is 24.5 Å². The van der Waals surface area contributed by atoms with Crippen LogP contribution in [0.5, 0.6) is 0 Å². The summed E-state index contributed by atoms with van der Waals surface area (Å²) in [6.07, 6.45) is 6.45. The molecular formula is C22H30FN7. The second-order valence-corrected chi connectivity index (χ2v) is 9.63. The Kier molecular flexibility index (Phi) is 4.76. The standard InChI is InChI=1S/C22H30FN7/c1-22(2,3)30-20(12-18(27-30)15-5-6-16(23)11-15)26-21-24-8-7-19-25-17(14-29(19)21)13-28-9-4-10-28/h7-8,12,14-16H,4-6,9-11,13H2,1-3H3,(H,24,26)/t15-,16-/m1/s1. The lowest BCUT2D eigenvalue weighted by Crippen LogP contribution is -2.36. The number of rotatable bonds is 5. The molecule has 2 fully saturated rings. The van der Waals surface area contributed by atoms with Crippen LogP contribution < -0.4 is 5.32 Å². The Morgan fingerprint density at radius 2 is 2.07 bits per heavy atom. The van der Waals surface area contributed by atoms with Crippen LogP contribution in [0.2, 0.25) is 0 Å². The molecule has 1 aliphatic carbocycles. The molecule has 0 aromatic carbocycles. The van der Waals surface area contributed by atoms with E-state index in [0.717, 1.165) is 48.9 Å². The number of nitrogens with one attached hydrogen (secondary N) is 1. The van der Waals surface area contributed by atoms with Crippen LogP contribution in [0.4, 0.5) is 16.2 Å². The maximum Gasteiger partial charge on any atom is 0.214 e. The zero-order valence-electron chi connectivity index (χ0n) is 18.0. The molecule has 2 aliphatic rings. The molecule has 0 unspecified atom stereocenters. The largest absolute Gasteiger partial charge is 0.310 e. The van der Waals surface area contributed by atoms with Gasteiger partial charge in [0.05, 0.1) is 16.9 Å². The van der Waals surface area contributed by atoms with Crippen molar-refractivity contribution in [3.8, 4) is 0 Å². The first-order valence-electron chi connectivity index (χ1n) is 10.9. The molecule has 4 heterocycles. The fourth-order valence-corrected chi connectivity index (χ4v) is 4.42. The lowest BCUT2D eigenvalue weighted by Gasteiger charge is -2.29. The third-order valence-corrected chi connectivity index (χ3v) is 6.16. The van der Waals surface area contributed by atoms with Gasteiger partial charge in [0.2, 0.25) is 5.95 Å². The summed E-state index contributed by atoms with van der Waals surface area (Å²) in [5, 5.41) is 8.34. The minimum Gasteiger partial charge on any atom is -0.310 e. The molecule has 0 bridgehead atoms. The molecular weight excluding hydrogens is 381 g/mol. The van der Waals surface area contributed by atoms with E-state index in [-0.39, 0.29) is 11.5 Å². The molecule has 3 aromatic heterocycles. The van der Waals surface area contributed by atoms with Crippen LogP contribution in [0.1, 0.15) is 63.8 Å². The fraction of sp³-hybridized carbons (Fsp3) is 0.591. The molecule has 1 saturated carbocycles. The van der Waals surface area contributed by atoms with Crippen molar-refractivity contribution in [2.24, 2.45) is 0 Å². The second kappa shape index (κ2) is 7.34. The first kappa shape index (κ1) is 19.5. The Labute approximate surface area is 176 Å². The zero-order valence-corrected chi connectivity index (χ0v) is 18.0. The average molecular weight is 412 g/mol. The predicted octanol–water partition coefficient (Wildman–Crippen LogP) is 4.24. The average Bonchev–Trinajstić information content (AvgIpc) is 3.35. The Bertz CT molecular complexity index is 1040. The second-order valence-electron chi connectivity index (χ2n) is 9.63. The molecule has 160 valence electrons. The minimum absolute atomic E-state index is 0.185. The lowest BCUT2D eigenvalue weighted by atomic mass is 10.0. The van der Waals surface area contributed by atoms with E-state index in [2.05, 4.69) is 48.2 Å². The molecule has 3 aromatic rings. The third-order valence-electron chi connectivity index (χ3n) is 6.16. The number of hydrogen-bond acceptors (Lipinski definition) is 5. The molecule has 8 heteroatoms. The number of aromatic nitrogens is 5. The summed E-state index contributed by atoms with van der Waals surface area (Å²) in [5.74, 6) is 1.77. The number of hydrogen-bond donors (Lipinski definition) is 1. The highest BCUT2D eigenvalue weighted by atomic mass is 19.1.